The second-order valence-electron chi connectivity index (χ2n) is 4.06. The van der Waals surface area contributed by atoms with E-state index in [0.29, 0.717) is 5.82 Å². The topological polar surface area (TPSA) is 43.8 Å². The van der Waals surface area contributed by atoms with E-state index in [-0.39, 0.29) is 0 Å². The zero-order chi connectivity index (χ0) is 12.4. The van der Waals surface area contributed by atoms with Crippen LogP contribution in [0.4, 0.5) is 5.82 Å². The fourth-order valence-electron chi connectivity index (χ4n) is 1.92. The molecule has 0 atom stereocenters. The maximum Gasteiger partial charge on any atom is 0.136 e. The van der Waals surface area contributed by atoms with Crippen LogP contribution in [0.25, 0.3) is 0 Å². The van der Waals surface area contributed by atoms with Crippen LogP contribution in [0, 0.1) is 6.92 Å². The van der Waals surface area contributed by atoms with Crippen molar-refractivity contribution in [2.24, 2.45) is 0 Å². The number of anilines is 1. The number of aryl methyl sites for hydroxylation is 2. The lowest BCUT2D eigenvalue weighted by Gasteiger charge is -2.08. The van der Waals surface area contributed by atoms with Crippen LogP contribution in [0.5, 0.6) is 0 Å². The monoisotopic (exact) mass is 293 g/mol. The minimum Gasteiger partial charge on any atom is -0.383 e. The van der Waals surface area contributed by atoms with Crippen molar-refractivity contribution in [1.82, 2.24) is 9.78 Å². The smallest absolute Gasteiger partial charge is 0.136 e. The van der Waals surface area contributed by atoms with Crippen LogP contribution < -0.4 is 5.73 Å². The van der Waals surface area contributed by atoms with Gasteiger partial charge in [0.15, 0.2) is 0 Å². The van der Waals surface area contributed by atoms with Crippen molar-refractivity contribution in [3.05, 3.63) is 45.6 Å². The predicted molar refractivity (Wildman–Crippen MR) is 74.0 cm³/mol. The Morgan fingerprint density at radius 1 is 1.29 bits per heavy atom. The summed E-state index contributed by atoms with van der Waals surface area (Å²) in [5.41, 5.74) is 9.54. The van der Waals surface area contributed by atoms with E-state index in [0.717, 1.165) is 23.1 Å². The molecular weight excluding hydrogens is 278 g/mol. The van der Waals surface area contributed by atoms with Crippen molar-refractivity contribution in [3.8, 4) is 0 Å². The average Bonchev–Trinajstić information content (AvgIpc) is 2.58. The van der Waals surface area contributed by atoms with Gasteiger partial charge in [0.05, 0.1) is 16.7 Å². The number of nitrogens with zero attached hydrogens (tertiary/aromatic N) is 2. The van der Waals surface area contributed by atoms with E-state index in [9.17, 15) is 0 Å². The molecule has 0 radical (unpaired) electrons. The maximum absolute atomic E-state index is 6.00. The van der Waals surface area contributed by atoms with Crippen molar-refractivity contribution in [2.75, 3.05) is 5.73 Å². The van der Waals surface area contributed by atoms with E-state index < -0.39 is 0 Å². The Labute approximate surface area is 110 Å². The Hall–Kier alpha value is -1.29. The lowest BCUT2D eigenvalue weighted by atomic mass is 10.1. The number of halogens is 1. The van der Waals surface area contributed by atoms with E-state index in [2.05, 4.69) is 52.2 Å². The Morgan fingerprint density at radius 2 is 1.94 bits per heavy atom. The van der Waals surface area contributed by atoms with Gasteiger partial charge in [-0.1, -0.05) is 31.2 Å². The molecule has 0 saturated heterocycles. The summed E-state index contributed by atoms with van der Waals surface area (Å²) in [6.45, 7) is 4.83. The first kappa shape index (κ1) is 12.2. The molecule has 0 aliphatic carbocycles. The Balaban J connectivity index is 2.34. The summed E-state index contributed by atoms with van der Waals surface area (Å²) in [5, 5.41) is 4.43. The van der Waals surface area contributed by atoms with E-state index in [4.69, 9.17) is 5.73 Å². The summed E-state index contributed by atoms with van der Waals surface area (Å²) in [4.78, 5) is 0. The van der Waals surface area contributed by atoms with E-state index in [1.54, 1.807) is 0 Å². The molecule has 2 aromatic rings. The molecule has 0 aliphatic rings. The normalized spacial score (nSPS) is 10.8. The molecule has 0 unspecified atom stereocenters. The standard InChI is InChI=1S/C13H16BrN3/c1-3-10-6-4-5-7-11(10)8-17-13(15)12(14)9(2)16-17/h4-7H,3,8,15H2,1-2H3. The summed E-state index contributed by atoms with van der Waals surface area (Å²) < 4.78 is 2.74. The van der Waals surface area contributed by atoms with Gasteiger partial charge < -0.3 is 5.73 Å². The second-order valence-corrected chi connectivity index (χ2v) is 4.86. The number of hydrogen-bond donors (Lipinski definition) is 1. The highest BCUT2D eigenvalue weighted by Crippen LogP contribution is 2.24. The van der Waals surface area contributed by atoms with Gasteiger partial charge in [-0.3, -0.25) is 0 Å². The largest absolute Gasteiger partial charge is 0.383 e. The first-order valence-corrected chi connectivity index (χ1v) is 6.48. The average molecular weight is 294 g/mol. The van der Waals surface area contributed by atoms with Crippen LogP contribution in [0.3, 0.4) is 0 Å². The summed E-state index contributed by atoms with van der Waals surface area (Å²) >= 11 is 3.44. The summed E-state index contributed by atoms with van der Waals surface area (Å²) in [7, 11) is 0. The third-order valence-corrected chi connectivity index (χ3v) is 3.89. The van der Waals surface area contributed by atoms with Gasteiger partial charge in [0.2, 0.25) is 0 Å². The van der Waals surface area contributed by atoms with Crippen LogP contribution >= 0.6 is 15.9 Å². The van der Waals surface area contributed by atoms with Gasteiger partial charge in [-0.05, 0) is 40.4 Å². The number of nitrogens with two attached hydrogens (primary N) is 1. The fourth-order valence-corrected chi connectivity index (χ4v) is 2.20. The highest BCUT2D eigenvalue weighted by Gasteiger charge is 2.10. The quantitative estimate of drug-likeness (QED) is 0.945. The van der Waals surface area contributed by atoms with Crippen LogP contribution in [-0.4, -0.2) is 9.78 Å². The van der Waals surface area contributed by atoms with Crippen molar-refractivity contribution < 1.29 is 0 Å². The molecule has 1 heterocycles. The first-order valence-electron chi connectivity index (χ1n) is 5.68. The Kier molecular flexibility index (Phi) is 3.52. The van der Waals surface area contributed by atoms with Crippen LogP contribution in [0.1, 0.15) is 23.7 Å². The van der Waals surface area contributed by atoms with Gasteiger partial charge >= 0.3 is 0 Å². The molecule has 17 heavy (non-hydrogen) atoms. The number of hydrogen-bond acceptors (Lipinski definition) is 2. The minimum atomic E-state index is 0.688. The molecule has 0 saturated carbocycles. The van der Waals surface area contributed by atoms with E-state index in [1.807, 2.05) is 11.6 Å². The van der Waals surface area contributed by atoms with Crippen molar-refractivity contribution in [1.29, 1.82) is 0 Å². The van der Waals surface area contributed by atoms with Gasteiger partial charge in [-0.15, -0.1) is 0 Å². The van der Waals surface area contributed by atoms with E-state index >= 15 is 0 Å². The van der Waals surface area contributed by atoms with Gasteiger partial charge in [0.1, 0.15) is 5.82 Å². The third-order valence-electron chi connectivity index (χ3n) is 2.91. The fraction of sp³-hybridized carbons (Fsp3) is 0.308. The third kappa shape index (κ3) is 2.36. The molecule has 2 rings (SSSR count). The predicted octanol–water partition coefficient (Wildman–Crippen LogP) is 3.15. The van der Waals surface area contributed by atoms with Gasteiger partial charge in [0.25, 0.3) is 0 Å². The van der Waals surface area contributed by atoms with Crippen molar-refractivity contribution in [3.63, 3.8) is 0 Å². The Morgan fingerprint density at radius 3 is 2.47 bits per heavy atom. The SMILES string of the molecule is CCc1ccccc1Cn1nc(C)c(Br)c1N. The van der Waals surface area contributed by atoms with Gasteiger partial charge in [-0.25, -0.2) is 4.68 Å². The molecule has 0 aliphatic heterocycles. The van der Waals surface area contributed by atoms with Crippen molar-refractivity contribution >= 4 is 21.7 Å². The molecule has 4 heteroatoms. The zero-order valence-electron chi connectivity index (χ0n) is 10.1. The highest BCUT2D eigenvalue weighted by atomic mass is 79.9. The Bertz CT molecular complexity index is 531. The van der Waals surface area contributed by atoms with Crippen LogP contribution in [-0.2, 0) is 13.0 Å². The van der Waals surface area contributed by atoms with Crippen molar-refractivity contribution in [2.45, 2.75) is 26.8 Å². The molecular formula is C13H16BrN3. The zero-order valence-corrected chi connectivity index (χ0v) is 11.7. The molecule has 0 amide bonds. The molecule has 0 fully saturated rings. The molecule has 1 aromatic heterocycles. The minimum absolute atomic E-state index is 0.688. The van der Waals surface area contributed by atoms with Gasteiger partial charge in [0, 0.05) is 0 Å². The molecule has 1 aromatic carbocycles. The lowest BCUT2D eigenvalue weighted by molar-refractivity contribution is 0.684. The number of benzene rings is 1. The summed E-state index contributed by atoms with van der Waals surface area (Å²) in [6, 6.07) is 8.39. The second kappa shape index (κ2) is 4.92. The van der Waals surface area contributed by atoms with Crippen LogP contribution in [0.2, 0.25) is 0 Å². The molecule has 3 nitrogen and oxygen atoms in total. The molecule has 0 spiro atoms. The molecule has 90 valence electrons. The van der Waals surface area contributed by atoms with E-state index in [1.165, 1.54) is 11.1 Å². The first-order chi connectivity index (χ1) is 8.13. The number of nitrogen functional groups attached to an aromatic ring is 1. The van der Waals surface area contributed by atoms with Gasteiger partial charge in [-0.2, -0.15) is 5.10 Å². The molecule has 2 N–H and O–H groups in total. The number of rotatable bonds is 3. The summed E-state index contributed by atoms with van der Waals surface area (Å²) in [6.07, 6.45) is 1.03. The highest BCUT2D eigenvalue weighted by molar-refractivity contribution is 9.10. The summed E-state index contributed by atoms with van der Waals surface area (Å²) in [5.74, 6) is 0.688. The maximum atomic E-state index is 6.00. The number of aromatic nitrogens is 2. The molecule has 0 bridgehead atoms. The lowest BCUT2D eigenvalue weighted by Crippen LogP contribution is -2.07. The van der Waals surface area contributed by atoms with Crippen LogP contribution in [0.15, 0.2) is 28.7 Å².